The molecule has 130 valence electrons. The zero-order valence-electron chi connectivity index (χ0n) is 13.1. The molecular formula is C15H23ClN2O4S. The first-order chi connectivity index (χ1) is 10.5. The van der Waals surface area contributed by atoms with Gasteiger partial charge in [-0.3, -0.25) is 0 Å². The number of hydrogen-bond acceptors (Lipinski definition) is 5. The topological polar surface area (TPSA) is 84.5 Å². The third kappa shape index (κ3) is 5.76. The molecule has 0 saturated carbocycles. The molecule has 2 N–H and O–H groups in total. The lowest BCUT2D eigenvalue weighted by molar-refractivity contribution is 0.0526. The van der Waals surface area contributed by atoms with Gasteiger partial charge in [0.05, 0.1) is 17.1 Å². The van der Waals surface area contributed by atoms with Crippen molar-refractivity contribution in [3.05, 3.63) is 29.8 Å². The van der Waals surface area contributed by atoms with E-state index in [0.717, 1.165) is 25.9 Å². The number of nitrogens with one attached hydrogen (secondary N) is 2. The first-order valence-corrected chi connectivity index (χ1v) is 8.99. The summed E-state index contributed by atoms with van der Waals surface area (Å²) in [6.07, 6.45) is 1.92. The highest BCUT2D eigenvalue weighted by molar-refractivity contribution is 7.89. The van der Waals surface area contributed by atoms with Crippen molar-refractivity contribution in [3.63, 3.8) is 0 Å². The van der Waals surface area contributed by atoms with Gasteiger partial charge in [0.25, 0.3) is 0 Å². The predicted molar refractivity (Wildman–Crippen MR) is 90.4 cm³/mol. The Morgan fingerprint density at radius 3 is 2.61 bits per heavy atom. The fourth-order valence-electron chi connectivity index (χ4n) is 2.43. The van der Waals surface area contributed by atoms with E-state index >= 15 is 0 Å². The maximum atomic E-state index is 12.2. The maximum absolute atomic E-state index is 12.2. The minimum Gasteiger partial charge on any atom is -0.462 e. The quantitative estimate of drug-likeness (QED) is 0.719. The number of hydrogen-bond donors (Lipinski definition) is 2. The van der Waals surface area contributed by atoms with Crippen LogP contribution in [0.2, 0.25) is 0 Å². The molecule has 1 aromatic rings. The molecule has 1 aromatic carbocycles. The molecule has 0 spiro atoms. The minimum absolute atomic E-state index is 0. The van der Waals surface area contributed by atoms with Gasteiger partial charge < -0.3 is 10.1 Å². The van der Waals surface area contributed by atoms with E-state index < -0.39 is 16.0 Å². The molecule has 6 nitrogen and oxygen atoms in total. The van der Waals surface area contributed by atoms with Crippen LogP contribution in [0.3, 0.4) is 0 Å². The lowest BCUT2D eigenvalue weighted by Gasteiger charge is -2.10. The van der Waals surface area contributed by atoms with Crippen LogP contribution in [-0.2, 0) is 14.8 Å². The average molecular weight is 363 g/mol. The number of benzene rings is 1. The van der Waals surface area contributed by atoms with Crippen molar-refractivity contribution in [2.24, 2.45) is 5.92 Å². The Labute approximate surface area is 143 Å². The van der Waals surface area contributed by atoms with Crippen LogP contribution in [0.25, 0.3) is 0 Å². The molecule has 0 aliphatic carbocycles. The van der Waals surface area contributed by atoms with Gasteiger partial charge in [0.2, 0.25) is 10.0 Å². The van der Waals surface area contributed by atoms with Crippen LogP contribution in [0, 0.1) is 5.92 Å². The van der Waals surface area contributed by atoms with Crippen LogP contribution in [-0.4, -0.2) is 40.6 Å². The van der Waals surface area contributed by atoms with E-state index in [4.69, 9.17) is 4.74 Å². The summed E-state index contributed by atoms with van der Waals surface area (Å²) in [7, 11) is -3.53. The number of halogens is 1. The fraction of sp³-hybridized carbons (Fsp3) is 0.533. The van der Waals surface area contributed by atoms with E-state index in [1.165, 1.54) is 24.3 Å². The standard InChI is InChI=1S/C15H22N2O4S.ClH/c1-2-21-15(18)13-3-5-14(6-4-13)22(19,20)17-10-8-12-7-9-16-11-12;/h3-6,12,16-17H,2,7-11H2,1H3;1H. The number of sulfonamides is 1. The van der Waals surface area contributed by atoms with Gasteiger partial charge in [0.15, 0.2) is 0 Å². The highest BCUT2D eigenvalue weighted by Crippen LogP contribution is 2.14. The Bertz CT molecular complexity index is 598. The molecule has 23 heavy (non-hydrogen) atoms. The summed E-state index contributed by atoms with van der Waals surface area (Å²) in [5.74, 6) is 0.0852. The summed E-state index contributed by atoms with van der Waals surface area (Å²) < 4.78 is 31.8. The maximum Gasteiger partial charge on any atom is 0.338 e. The van der Waals surface area contributed by atoms with Crippen molar-refractivity contribution in [2.75, 3.05) is 26.2 Å². The molecule has 1 aliphatic heterocycles. The number of carbonyl (C=O) groups is 1. The van der Waals surface area contributed by atoms with E-state index in [9.17, 15) is 13.2 Å². The summed E-state index contributed by atoms with van der Waals surface area (Å²) in [6, 6.07) is 5.78. The third-order valence-corrected chi connectivity index (χ3v) is 5.16. The molecule has 1 heterocycles. The Kier molecular flexibility index (Phi) is 7.98. The second kappa shape index (κ2) is 9.22. The van der Waals surface area contributed by atoms with Crippen LogP contribution >= 0.6 is 12.4 Å². The molecule has 1 saturated heterocycles. The Hall–Kier alpha value is -1.15. The summed E-state index contributed by atoms with van der Waals surface area (Å²) in [5, 5.41) is 3.26. The van der Waals surface area contributed by atoms with Crippen molar-refractivity contribution < 1.29 is 17.9 Å². The molecule has 0 amide bonds. The van der Waals surface area contributed by atoms with Gasteiger partial charge in [-0.15, -0.1) is 12.4 Å². The second-order valence-electron chi connectivity index (χ2n) is 5.29. The zero-order chi connectivity index (χ0) is 16.0. The Morgan fingerprint density at radius 1 is 1.35 bits per heavy atom. The van der Waals surface area contributed by atoms with Gasteiger partial charge in [-0.2, -0.15) is 0 Å². The first-order valence-electron chi connectivity index (χ1n) is 7.50. The number of rotatable bonds is 7. The van der Waals surface area contributed by atoms with E-state index in [1.807, 2.05) is 0 Å². The van der Waals surface area contributed by atoms with Gasteiger partial charge in [0, 0.05) is 6.54 Å². The first kappa shape index (κ1) is 19.9. The Balaban J connectivity index is 0.00000264. The SMILES string of the molecule is CCOC(=O)c1ccc(S(=O)(=O)NCCC2CCNC2)cc1.Cl. The van der Waals surface area contributed by atoms with Crippen molar-refractivity contribution in [1.29, 1.82) is 0 Å². The van der Waals surface area contributed by atoms with Crippen LogP contribution < -0.4 is 10.0 Å². The van der Waals surface area contributed by atoms with Gasteiger partial charge in [-0.05, 0) is 63.0 Å². The zero-order valence-corrected chi connectivity index (χ0v) is 14.7. The average Bonchev–Trinajstić information content (AvgIpc) is 3.01. The van der Waals surface area contributed by atoms with E-state index in [0.29, 0.717) is 18.0 Å². The van der Waals surface area contributed by atoms with E-state index in [1.54, 1.807) is 6.92 Å². The van der Waals surface area contributed by atoms with Crippen molar-refractivity contribution in [3.8, 4) is 0 Å². The van der Waals surface area contributed by atoms with Crippen LogP contribution in [0.4, 0.5) is 0 Å². The van der Waals surface area contributed by atoms with Gasteiger partial charge in [-0.1, -0.05) is 0 Å². The lowest BCUT2D eigenvalue weighted by atomic mass is 10.1. The largest absolute Gasteiger partial charge is 0.462 e. The fourth-order valence-corrected chi connectivity index (χ4v) is 3.47. The predicted octanol–water partition coefficient (Wildman–Crippen LogP) is 1.56. The van der Waals surface area contributed by atoms with Gasteiger partial charge in [-0.25, -0.2) is 17.9 Å². The third-order valence-electron chi connectivity index (χ3n) is 3.68. The summed E-state index contributed by atoms with van der Waals surface area (Å²) >= 11 is 0. The number of ether oxygens (including phenoxy) is 1. The normalized spacial score (nSPS) is 17.5. The lowest BCUT2D eigenvalue weighted by Crippen LogP contribution is -2.26. The molecular weight excluding hydrogens is 340 g/mol. The Morgan fingerprint density at radius 2 is 2.04 bits per heavy atom. The highest BCUT2D eigenvalue weighted by atomic mass is 35.5. The minimum atomic E-state index is -3.53. The van der Waals surface area contributed by atoms with E-state index in [-0.39, 0.29) is 23.9 Å². The number of carbonyl (C=O) groups excluding carboxylic acids is 1. The molecule has 1 unspecified atom stereocenters. The van der Waals surface area contributed by atoms with Crippen molar-refractivity contribution >= 4 is 28.4 Å². The van der Waals surface area contributed by atoms with Crippen LogP contribution in [0.15, 0.2) is 29.2 Å². The molecule has 8 heteroatoms. The van der Waals surface area contributed by atoms with Crippen LogP contribution in [0.5, 0.6) is 0 Å². The van der Waals surface area contributed by atoms with Gasteiger partial charge in [0.1, 0.15) is 0 Å². The summed E-state index contributed by atoms with van der Waals surface area (Å²) in [4.78, 5) is 11.7. The molecule has 1 atom stereocenters. The highest BCUT2D eigenvalue weighted by Gasteiger charge is 2.18. The molecule has 0 aromatic heterocycles. The van der Waals surface area contributed by atoms with Crippen LogP contribution in [0.1, 0.15) is 30.1 Å². The van der Waals surface area contributed by atoms with Crippen molar-refractivity contribution in [2.45, 2.75) is 24.7 Å². The second-order valence-corrected chi connectivity index (χ2v) is 7.06. The molecule has 1 aliphatic rings. The summed E-state index contributed by atoms with van der Waals surface area (Å²) in [6.45, 7) is 4.40. The smallest absolute Gasteiger partial charge is 0.338 e. The monoisotopic (exact) mass is 362 g/mol. The summed E-state index contributed by atoms with van der Waals surface area (Å²) in [5.41, 5.74) is 0.345. The van der Waals surface area contributed by atoms with Crippen molar-refractivity contribution in [1.82, 2.24) is 10.0 Å². The van der Waals surface area contributed by atoms with E-state index in [2.05, 4.69) is 10.0 Å². The molecule has 0 bridgehead atoms. The molecule has 1 fully saturated rings. The van der Waals surface area contributed by atoms with Gasteiger partial charge >= 0.3 is 5.97 Å². The molecule has 0 radical (unpaired) electrons. The molecule has 2 rings (SSSR count). The number of esters is 1.